The summed E-state index contributed by atoms with van der Waals surface area (Å²) in [5, 5.41) is 0. The highest BCUT2D eigenvalue weighted by Gasteiger charge is 2.01. The first-order valence-corrected chi connectivity index (χ1v) is 6.28. The average molecular weight is 239 g/mol. The van der Waals surface area contributed by atoms with E-state index in [0.29, 0.717) is 12.2 Å². The first-order valence-electron chi connectivity index (χ1n) is 6.28. The third-order valence-electron chi connectivity index (χ3n) is 2.58. The van der Waals surface area contributed by atoms with Crippen molar-refractivity contribution in [3.8, 4) is 12.0 Å². The molecule has 0 fully saturated rings. The molecule has 0 aromatic heterocycles. The quantitative estimate of drug-likeness (QED) is 0.554. The predicted octanol–water partition coefficient (Wildman–Crippen LogP) is 1.18. The van der Waals surface area contributed by atoms with Gasteiger partial charge >= 0.3 is 0 Å². The summed E-state index contributed by atoms with van der Waals surface area (Å²) < 4.78 is 0. The first kappa shape index (κ1) is 14.0. The molecule has 96 valence electrons. The molecule has 1 rings (SSSR count). The summed E-state index contributed by atoms with van der Waals surface area (Å²) in [6.07, 6.45) is 9.69. The zero-order valence-electron chi connectivity index (χ0n) is 10.2. The molecule has 0 amide bonds. The van der Waals surface area contributed by atoms with Gasteiger partial charge in [0.15, 0.2) is 0 Å². The van der Waals surface area contributed by atoms with E-state index in [1.807, 2.05) is 0 Å². The Hall–Kier alpha value is -1.09. The van der Waals surface area contributed by atoms with E-state index < -0.39 is 0 Å². The van der Waals surface area contributed by atoms with Crippen LogP contribution in [-0.4, -0.2) is 12.3 Å². The van der Waals surface area contributed by atoms with E-state index >= 15 is 0 Å². The Morgan fingerprint density at radius 1 is 1.06 bits per heavy atom. The lowest BCUT2D eigenvalue weighted by Crippen LogP contribution is -2.42. The lowest BCUT2D eigenvalue weighted by atomic mass is 10.1. The van der Waals surface area contributed by atoms with Crippen LogP contribution in [0.15, 0.2) is 0 Å². The van der Waals surface area contributed by atoms with Gasteiger partial charge in [-0.05, 0) is 25.7 Å². The fraction of sp³-hybridized carbons (Fsp3) is 0.750. The van der Waals surface area contributed by atoms with Crippen molar-refractivity contribution in [2.75, 3.05) is 6.54 Å². The van der Waals surface area contributed by atoms with Gasteiger partial charge < -0.3 is 4.84 Å². The Labute approximate surface area is 103 Å². The van der Waals surface area contributed by atoms with Crippen LogP contribution in [0, 0.1) is 12.0 Å². The van der Waals surface area contributed by atoms with Gasteiger partial charge in [0.2, 0.25) is 0 Å². The molecule has 0 aromatic carbocycles. The van der Waals surface area contributed by atoms with E-state index in [1.54, 1.807) is 0 Å². The summed E-state index contributed by atoms with van der Waals surface area (Å²) in [5.74, 6) is 3.25. The number of hydrogen-bond donors (Lipinski definition) is 3. The maximum absolute atomic E-state index is 11.5. The number of rotatable bonds is 0. The van der Waals surface area contributed by atoms with Crippen LogP contribution >= 0.6 is 0 Å². The summed E-state index contributed by atoms with van der Waals surface area (Å²) in [6.45, 7) is 0.831. The largest absolute Gasteiger partial charge is 0.340 e. The molecule has 1 heterocycles. The van der Waals surface area contributed by atoms with Gasteiger partial charge in [-0.25, -0.2) is 5.43 Å². The zero-order valence-corrected chi connectivity index (χ0v) is 10.2. The Bertz CT molecular complexity index is 271. The van der Waals surface area contributed by atoms with Crippen molar-refractivity contribution in [1.82, 2.24) is 16.5 Å². The fourth-order valence-corrected chi connectivity index (χ4v) is 1.61. The van der Waals surface area contributed by atoms with Crippen LogP contribution < -0.4 is 16.5 Å². The lowest BCUT2D eigenvalue weighted by molar-refractivity contribution is -0.119. The highest BCUT2D eigenvalue weighted by atomic mass is 16.7. The number of hydrazine groups is 2. The average Bonchev–Trinajstić information content (AvgIpc) is 2.32. The van der Waals surface area contributed by atoms with E-state index in [1.165, 1.54) is 0 Å². The Morgan fingerprint density at radius 3 is 2.76 bits per heavy atom. The summed E-state index contributed by atoms with van der Waals surface area (Å²) in [6, 6.07) is 0. The second-order valence-corrected chi connectivity index (χ2v) is 4.09. The molecule has 5 nitrogen and oxygen atoms in total. The molecule has 0 aliphatic carbocycles. The van der Waals surface area contributed by atoms with Gasteiger partial charge in [0, 0.05) is 25.8 Å². The monoisotopic (exact) mass is 239 g/mol. The van der Waals surface area contributed by atoms with Crippen molar-refractivity contribution in [2.24, 2.45) is 0 Å². The summed E-state index contributed by atoms with van der Waals surface area (Å²) >= 11 is 0. The van der Waals surface area contributed by atoms with Crippen LogP contribution in [0.3, 0.4) is 0 Å². The Morgan fingerprint density at radius 2 is 1.88 bits per heavy atom. The number of ketones is 1. The molecule has 1 aliphatic rings. The fourth-order valence-electron chi connectivity index (χ4n) is 1.61. The molecular weight excluding hydrogens is 218 g/mol. The molecule has 0 saturated heterocycles. The number of carbonyl (C=O) groups is 1. The smallest absolute Gasteiger partial charge is 0.139 e. The van der Waals surface area contributed by atoms with E-state index in [9.17, 15) is 4.79 Å². The third kappa shape index (κ3) is 8.69. The molecule has 17 heavy (non-hydrogen) atoms. The number of carbonyl (C=O) groups excluding carboxylic acids is 1. The molecule has 3 N–H and O–H groups in total. The van der Waals surface area contributed by atoms with Gasteiger partial charge in [-0.2, -0.15) is 5.53 Å². The topological polar surface area (TPSA) is 62.4 Å². The normalized spacial score (nSPS) is 21.1. The maximum atomic E-state index is 11.5. The van der Waals surface area contributed by atoms with E-state index in [0.717, 1.165) is 51.5 Å². The predicted molar refractivity (Wildman–Crippen MR) is 65.1 cm³/mol. The Balaban J connectivity index is 2.21. The van der Waals surface area contributed by atoms with Gasteiger partial charge in [0.1, 0.15) is 11.9 Å². The molecule has 0 saturated carbocycles. The van der Waals surface area contributed by atoms with Crippen molar-refractivity contribution < 1.29 is 9.63 Å². The lowest BCUT2D eigenvalue weighted by Gasteiger charge is -2.06. The van der Waals surface area contributed by atoms with Crippen LogP contribution in [0.4, 0.5) is 0 Å². The van der Waals surface area contributed by atoms with Crippen molar-refractivity contribution in [1.29, 1.82) is 0 Å². The van der Waals surface area contributed by atoms with Crippen LogP contribution in [0.2, 0.25) is 0 Å². The van der Waals surface area contributed by atoms with Gasteiger partial charge in [-0.1, -0.05) is 17.9 Å². The second kappa shape index (κ2) is 10.1. The van der Waals surface area contributed by atoms with Crippen LogP contribution in [-0.2, 0) is 9.63 Å². The van der Waals surface area contributed by atoms with E-state index in [4.69, 9.17) is 4.84 Å². The Kier molecular flexibility index (Phi) is 8.29. The van der Waals surface area contributed by atoms with Crippen LogP contribution in [0.5, 0.6) is 0 Å². The minimum Gasteiger partial charge on any atom is -0.340 e. The minimum absolute atomic E-state index is 0.383. The van der Waals surface area contributed by atoms with Gasteiger partial charge in [-0.15, -0.1) is 0 Å². The number of hydrogen-bond acceptors (Lipinski definition) is 5. The molecule has 0 spiro atoms. The van der Waals surface area contributed by atoms with Gasteiger partial charge in [0.25, 0.3) is 0 Å². The zero-order chi connectivity index (χ0) is 12.2. The van der Waals surface area contributed by atoms with E-state index in [2.05, 4.69) is 28.6 Å². The third-order valence-corrected chi connectivity index (χ3v) is 2.58. The maximum Gasteiger partial charge on any atom is 0.139 e. The van der Waals surface area contributed by atoms with Crippen molar-refractivity contribution in [3.05, 3.63) is 0 Å². The molecule has 5 heteroatoms. The summed E-state index contributed by atoms with van der Waals surface area (Å²) in [7, 11) is 0. The van der Waals surface area contributed by atoms with Gasteiger partial charge in [-0.3, -0.25) is 4.79 Å². The van der Waals surface area contributed by atoms with Crippen molar-refractivity contribution >= 4 is 5.78 Å². The molecular formula is C12H21N3O2. The van der Waals surface area contributed by atoms with Crippen molar-refractivity contribution in [3.63, 3.8) is 0 Å². The minimum atomic E-state index is 0.383. The molecule has 0 unspecified atom stereocenters. The standard InChI is InChI=1S/C12H21N3O2/c16-12-8-4-1-2-7-11-17-15-14-13-10-6-3-5-9-12/h13-15H,1-6,8-10H2. The van der Waals surface area contributed by atoms with Gasteiger partial charge in [0.05, 0.1) is 0 Å². The molecule has 0 aromatic rings. The molecule has 0 atom stereocenters. The highest BCUT2D eigenvalue weighted by molar-refractivity contribution is 5.78. The SMILES string of the molecule is O=C1CCCCC#CONNNCCCCC1. The molecule has 1 aliphatic heterocycles. The summed E-state index contributed by atoms with van der Waals surface area (Å²) in [5.41, 5.74) is 8.11. The van der Waals surface area contributed by atoms with Crippen LogP contribution in [0.1, 0.15) is 51.4 Å². The van der Waals surface area contributed by atoms with Crippen molar-refractivity contribution in [2.45, 2.75) is 51.4 Å². The highest BCUT2D eigenvalue weighted by Crippen LogP contribution is 2.06. The molecule has 0 radical (unpaired) electrons. The number of Topliss-reactive ketones (excluding diaryl/α,β-unsaturated/α-hetero) is 1. The van der Waals surface area contributed by atoms with E-state index in [-0.39, 0.29) is 0 Å². The second-order valence-electron chi connectivity index (χ2n) is 4.09. The number of nitrogens with one attached hydrogen (secondary N) is 3. The summed E-state index contributed by atoms with van der Waals surface area (Å²) in [4.78, 5) is 16.3. The molecule has 0 bridgehead atoms. The van der Waals surface area contributed by atoms with Crippen LogP contribution in [0.25, 0.3) is 0 Å². The first-order chi connectivity index (χ1) is 8.39.